The summed E-state index contributed by atoms with van der Waals surface area (Å²) >= 11 is 3.35. The second-order valence-corrected chi connectivity index (χ2v) is 6.23. The summed E-state index contributed by atoms with van der Waals surface area (Å²) in [5, 5.41) is 20.1. The van der Waals surface area contributed by atoms with Gasteiger partial charge in [0.25, 0.3) is 5.95 Å². The predicted molar refractivity (Wildman–Crippen MR) is 97.6 cm³/mol. The van der Waals surface area contributed by atoms with Crippen molar-refractivity contribution in [3.05, 3.63) is 55.8 Å². The molecule has 1 aromatic carbocycles. The Kier molecular flexibility index (Phi) is 6.14. The molecule has 0 saturated carbocycles. The van der Waals surface area contributed by atoms with Crippen molar-refractivity contribution in [2.45, 2.75) is 33.2 Å². The molecule has 0 fully saturated rings. The van der Waals surface area contributed by atoms with Crippen LogP contribution in [0.3, 0.4) is 0 Å². The SMILES string of the molecule is CCC(=O)c1c(O)oc(=O)c(C(CC)=NCc2ccc(Br)cc2)c1O. The first-order chi connectivity index (χ1) is 11.9. The molecule has 0 radical (unpaired) electrons. The van der Waals surface area contributed by atoms with E-state index < -0.39 is 23.1 Å². The zero-order chi connectivity index (χ0) is 18.6. The van der Waals surface area contributed by atoms with E-state index in [4.69, 9.17) is 4.42 Å². The third-order valence-electron chi connectivity index (χ3n) is 3.67. The standard InChI is InChI=1S/C18H18BrNO5/c1-3-12(20-9-10-5-7-11(19)8-6-10)14-16(22)15(13(21)4-2)18(24)25-17(14)23/h5-8,22,24H,3-4,9H2,1-2H3. The molecule has 0 bridgehead atoms. The van der Waals surface area contributed by atoms with Crippen LogP contribution >= 0.6 is 15.9 Å². The van der Waals surface area contributed by atoms with Gasteiger partial charge in [0, 0.05) is 10.9 Å². The molecule has 2 aromatic rings. The third kappa shape index (κ3) is 4.17. The van der Waals surface area contributed by atoms with Gasteiger partial charge in [0.2, 0.25) is 0 Å². The summed E-state index contributed by atoms with van der Waals surface area (Å²) in [6, 6.07) is 7.51. The van der Waals surface area contributed by atoms with E-state index >= 15 is 0 Å². The smallest absolute Gasteiger partial charge is 0.351 e. The van der Waals surface area contributed by atoms with Crippen LogP contribution in [0.25, 0.3) is 0 Å². The average Bonchev–Trinajstić information content (AvgIpc) is 2.58. The number of aromatic hydroxyl groups is 2. The molecule has 1 aromatic heterocycles. The molecule has 25 heavy (non-hydrogen) atoms. The van der Waals surface area contributed by atoms with Crippen molar-refractivity contribution in [3.63, 3.8) is 0 Å². The predicted octanol–water partition coefficient (Wildman–Crippen LogP) is 3.81. The van der Waals surface area contributed by atoms with Gasteiger partial charge in [-0.1, -0.05) is 41.9 Å². The lowest BCUT2D eigenvalue weighted by Gasteiger charge is -2.10. The highest BCUT2D eigenvalue weighted by atomic mass is 79.9. The monoisotopic (exact) mass is 407 g/mol. The van der Waals surface area contributed by atoms with E-state index in [1.54, 1.807) is 13.8 Å². The minimum atomic E-state index is -0.931. The molecule has 0 spiro atoms. The summed E-state index contributed by atoms with van der Waals surface area (Å²) in [6.07, 6.45) is 0.394. The molecule has 1 heterocycles. The van der Waals surface area contributed by atoms with Crippen LogP contribution in [-0.2, 0) is 6.54 Å². The fourth-order valence-electron chi connectivity index (χ4n) is 2.34. The Labute approximate surface area is 153 Å². The second kappa shape index (κ2) is 8.11. The molecule has 0 amide bonds. The van der Waals surface area contributed by atoms with Gasteiger partial charge in [0.05, 0.1) is 12.3 Å². The normalized spacial score (nSPS) is 11.6. The molecule has 0 atom stereocenters. The number of carbonyl (C=O) groups is 1. The van der Waals surface area contributed by atoms with Crippen LogP contribution in [0.2, 0.25) is 0 Å². The number of halogens is 1. The van der Waals surface area contributed by atoms with E-state index in [-0.39, 0.29) is 17.5 Å². The maximum atomic E-state index is 12.1. The molecule has 6 nitrogen and oxygen atoms in total. The van der Waals surface area contributed by atoms with Gasteiger partial charge < -0.3 is 14.6 Å². The minimum absolute atomic E-state index is 0.0474. The first-order valence-corrected chi connectivity index (χ1v) is 8.58. The van der Waals surface area contributed by atoms with Crippen molar-refractivity contribution < 1.29 is 19.4 Å². The number of nitrogens with zero attached hydrogens (tertiary/aromatic N) is 1. The first-order valence-electron chi connectivity index (χ1n) is 7.79. The third-order valence-corrected chi connectivity index (χ3v) is 4.20. The Morgan fingerprint density at radius 3 is 2.32 bits per heavy atom. The van der Waals surface area contributed by atoms with Crippen molar-refractivity contribution in [3.8, 4) is 11.7 Å². The molecule has 0 aliphatic heterocycles. The van der Waals surface area contributed by atoms with Gasteiger partial charge in [-0.05, 0) is 24.1 Å². The van der Waals surface area contributed by atoms with Gasteiger partial charge in [0.1, 0.15) is 16.9 Å². The van der Waals surface area contributed by atoms with Gasteiger partial charge in [0.15, 0.2) is 5.78 Å². The zero-order valence-corrected chi connectivity index (χ0v) is 15.5. The quantitative estimate of drug-likeness (QED) is 0.559. The van der Waals surface area contributed by atoms with E-state index in [0.29, 0.717) is 18.7 Å². The zero-order valence-electron chi connectivity index (χ0n) is 13.9. The van der Waals surface area contributed by atoms with E-state index in [0.717, 1.165) is 10.0 Å². The summed E-state index contributed by atoms with van der Waals surface area (Å²) in [6.45, 7) is 3.65. The minimum Gasteiger partial charge on any atom is -0.506 e. The molecule has 7 heteroatoms. The van der Waals surface area contributed by atoms with Crippen molar-refractivity contribution >= 4 is 27.4 Å². The largest absolute Gasteiger partial charge is 0.506 e. The van der Waals surface area contributed by atoms with Crippen LogP contribution in [0.1, 0.15) is 48.2 Å². The highest BCUT2D eigenvalue weighted by molar-refractivity contribution is 9.10. The van der Waals surface area contributed by atoms with Crippen LogP contribution in [-0.4, -0.2) is 21.7 Å². The highest BCUT2D eigenvalue weighted by Gasteiger charge is 2.25. The Morgan fingerprint density at radius 2 is 1.76 bits per heavy atom. The Morgan fingerprint density at radius 1 is 1.12 bits per heavy atom. The van der Waals surface area contributed by atoms with E-state index in [2.05, 4.69) is 20.9 Å². The molecular formula is C18H18BrNO5. The number of Topliss-reactive ketones (excluding diaryl/α,β-unsaturated/α-hetero) is 1. The Hall–Kier alpha value is -2.41. The lowest BCUT2D eigenvalue weighted by molar-refractivity contribution is 0.0976. The number of carbonyl (C=O) groups excluding carboxylic acids is 1. The topological polar surface area (TPSA) is 100 Å². The van der Waals surface area contributed by atoms with Crippen molar-refractivity contribution in [1.82, 2.24) is 0 Å². The first kappa shape index (κ1) is 18.9. The number of aliphatic imine (C=N–C) groups is 1. The van der Waals surface area contributed by atoms with E-state index in [1.165, 1.54) is 0 Å². The lowest BCUT2D eigenvalue weighted by Crippen LogP contribution is -2.17. The molecule has 2 rings (SSSR count). The number of ketones is 1. The van der Waals surface area contributed by atoms with Crippen LogP contribution in [0.5, 0.6) is 11.7 Å². The maximum Gasteiger partial charge on any atom is 0.351 e. The van der Waals surface area contributed by atoms with Crippen LogP contribution in [0, 0.1) is 0 Å². The molecule has 2 N–H and O–H groups in total. The molecule has 0 saturated heterocycles. The van der Waals surface area contributed by atoms with Crippen molar-refractivity contribution in [2.24, 2.45) is 4.99 Å². The number of hydrogen-bond donors (Lipinski definition) is 2. The van der Waals surface area contributed by atoms with Gasteiger partial charge in [-0.2, -0.15) is 0 Å². The lowest BCUT2D eigenvalue weighted by atomic mass is 10.0. The Balaban J connectivity index is 2.49. The van der Waals surface area contributed by atoms with E-state index in [1.807, 2.05) is 24.3 Å². The summed E-state index contributed by atoms with van der Waals surface area (Å²) < 4.78 is 5.67. The molecule has 132 valence electrons. The van der Waals surface area contributed by atoms with Crippen LogP contribution in [0.15, 0.2) is 42.9 Å². The number of hydrogen-bond acceptors (Lipinski definition) is 6. The summed E-state index contributed by atoms with van der Waals surface area (Å²) in [5.41, 5.74) is -0.281. The molecule has 0 unspecified atom stereocenters. The van der Waals surface area contributed by atoms with E-state index in [9.17, 15) is 19.8 Å². The fourth-order valence-corrected chi connectivity index (χ4v) is 2.60. The maximum absolute atomic E-state index is 12.1. The van der Waals surface area contributed by atoms with Crippen LogP contribution < -0.4 is 5.63 Å². The molecule has 0 aliphatic carbocycles. The van der Waals surface area contributed by atoms with Gasteiger partial charge in [-0.25, -0.2) is 4.79 Å². The van der Waals surface area contributed by atoms with Crippen LogP contribution in [0.4, 0.5) is 0 Å². The van der Waals surface area contributed by atoms with Gasteiger partial charge >= 0.3 is 5.63 Å². The summed E-state index contributed by atoms with van der Waals surface area (Å²) in [7, 11) is 0. The fraction of sp³-hybridized carbons (Fsp3) is 0.278. The highest BCUT2D eigenvalue weighted by Crippen LogP contribution is 2.30. The number of rotatable bonds is 6. The average molecular weight is 408 g/mol. The number of benzene rings is 1. The van der Waals surface area contributed by atoms with Crippen molar-refractivity contribution in [1.29, 1.82) is 0 Å². The molecule has 0 aliphatic rings. The summed E-state index contributed by atoms with van der Waals surface area (Å²) in [5.74, 6) is -1.98. The van der Waals surface area contributed by atoms with Gasteiger partial charge in [-0.15, -0.1) is 0 Å². The Bertz CT molecular complexity index is 868. The molecular weight excluding hydrogens is 390 g/mol. The van der Waals surface area contributed by atoms with Gasteiger partial charge in [-0.3, -0.25) is 9.79 Å². The van der Waals surface area contributed by atoms with Crippen molar-refractivity contribution in [2.75, 3.05) is 0 Å². The second-order valence-electron chi connectivity index (χ2n) is 5.31. The summed E-state index contributed by atoms with van der Waals surface area (Å²) in [4.78, 5) is 28.4.